The van der Waals surface area contributed by atoms with E-state index in [1.165, 1.54) is 50.1 Å². The van der Waals surface area contributed by atoms with Gasteiger partial charge >= 0.3 is 0 Å². The van der Waals surface area contributed by atoms with E-state index in [0.29, 0.717) is 22.6 Å². The molecule has 6 aromatic rings. The zero-order chi connectivity index (χ0) is 29.1. The van der Waals surface area contributed by atoms with Gasteiger partial charge in [-0.1, -0.05) is 90.5 Å². The summed E-state index contributed by atoms with van der Waals surface area (Å²) in [6, 6.07) is 45.4. The SMILES string of the molecule is COc1ccc(C(=O)c2cccc(Oc3ccc4c(c3)C3(c5ccccc5-c5ccccc53)c3cc(C)ccc3-4)c2)cc1. The van der Waals surface area contributed by atoms with Gasteiger partial charge in [0.25, 0.3) is 0 Å². The molecule has 8 rings (SSSR count). The molecule has 0 fully saturated rings. The quantitative estimate of drug-likeness (QED) is 0.198. The topological polar surface area (TPSA) is 35.5 Å². The van der Waals surface area contributed by atoms with Crippen molar-refractivity contribution in [2.75, 3.05) is 7.11 Å². The molecule has 2 aliphatic carbocycles. The zero-order valence-electron chi connectivity index (χ0n) is 23.9. The van der Waals surface area contributed by atoms with Crippen molar-refractivity contribution < 1.29 is 14.3 Å². The second-order valence-corrected chi connectivity index (χ2v) is 11.3. The van der Waals surface area contributed by atoms with Crippen molar-refractivity contribution in [2.24, 2.45) is 0 Å². The smallest absolute Gasteiger partial charge is 0.193 e. The van der Waals surface area contributed by atoms with Gasteiger partial charge in [0.15, 0.2) is 5.78 Å². The average Bonchev–Trinajstić information content (AvgIpc) is 3.51. The minimum absolute atomic E-state index is 0.0639. The maximum absolute atomic E-state index is 13.3. The number of carbonyl (C=O) groups excluding carboxylic acids is 1. The summed E-state index contributed by atoms with van der Waals surface area (Å²) in [5.74, 6) is 2.00. The van der Waals surface area contributed by atoms with E-state index >= 15 is 0 Å². The molecule has 3 nitrogen and oxygen atoms in total. The van der Waals surface area contributed by atoms with Crippen molar-refractivity contribution in [3.63, 3.8) is 0 Å². The Morgan fingerprint density at radius 2 is 1.09 bits per heavy atom. The minimum atomic E-state index is -0.435. The third-order valence-electron chi connectivity index (χ3n) is 8.90. The van der Waals surface area contributed by atoms with Gasteiger partial charge in [-0.25, -0.2) is 0 Å². The number of fused-ring (bicyclic) bond motifs is 10. The van der Waals surface area contributed by atoms with Crippen LogP contribution in [0.3, 0.4) is 0 Å². The Labute approximate surface area is 251 Å². The van der Waals surface area contributed by atoms with Crippen LogP contribution in [0.25, 0.3) is 22.3 Å². The Kier molecular flexibility index (Phi) is 5.63. The number of hydrogen-bond acceptors (Lipinski definition) is 3. The summed E-state index contributed by atoms with van der Waals surface area (Å²) < 4.78 is 11.7. The van der Waals surface area contributed by atoms with Crippen LogP contribution >= 0.6 is 0 Å². The number of benzene rings is 6. The summed E-state index contributed by atoms with van der Waals surface area (Å²) in [6.07, 6.45) is 0. The molecule has 0 amide bonds. The van der Waals surface area contributed by atoms with Gasteiger partial charge in [-0.05, 0) is 100.0 Å². The molecule has 2 aliphatic rings. The van der Waals surface area contributed by atoms with Gasteiger partial charge in [-0.2, -0.15) is 0 Å². The molecular formula is C40H28O3. The van der Waals surface area contributed by atoms with E-state index in [-0.39, 0.29) is 5.78 Å². The van der Waals surface area contributed by atoms with Gasteiger partial charge in [0.05, 0.1) is 12.5 Å². The summed E-state index contributed by atoms with van der Waals surface area (Å²) in [6.45, 7) is 2.17. The molecule has 0 saturated carbocycles. The number of hydrogen-bond donors (Lipinski definition) is 0. The first-order chi connectivity index (χ1) is 21.1. The minimum Gasteiger partial charge on any atom is -0.497 e. The molecule has 6 aromatic carbocycles. The van der Waals surface area contributed by atoms with E-state index in [9.17, 15) is 4.79 Å². The molecule has 0 saturated heterocycles. The van der Waals surface area contributed by atoms with Crippen LogP contribution in [0.1, 0.15) is 43.7 Å². The third kappa shape index (κ3) is 3.71. The maximum atomic E-state index is 13.3. The van der Waals surface area contributed by atoms with Crippen molar-refractivity contribution in [3.8, 4) is 39.5 Å². The van der Waals surface area contributed by atoms with E-state index in [0.717, 1.165) is 5.75 Å². The highest BCUT2D eigenvalue weighted by molar-refractivity contribution is 6.09. The highest BCUT2D eigenvalue weighted by Gasteiger charge is 2.51. The van der Waals surface area contributed by atoms with Crippen LogP contribution in [-0.4, -0.2) is 12.9 Å². The molecule has 206 valence electrons. The lowest BCUT2D eigenvalue weighted by molar-refractivity contribution is 0.103. The van der Waals surface area contributed by atoms with E-state index in [4.69, 9.17) is 9.47 Å². The Hall–Kier alpha value is -5.41. The Morgan fingerprint density at radius 3 is 1.79 bits per heavy atom. The molecule has 0 bridgehead atoms. The molecule has 0 aliphatic heterocycles. The predicted molar refractivity (Wildman–Crippen MR) is 170 cm³/mol. The van der Waals surface area contributed by atoms with Gasteiger partial charge in [-0.3, -0.25) is 4.79 Å². The van der Waals surface area contributed by atoms with Gasteiger partial charge in [0, 0.05) is 11.1 Å². The standard InChI is InChI=1S/C40H28O3/c1-25-14-20-33-34-21-19-30(43-29-9-7-8-27(23-29)39(41)26-15-17-28(42-2)18-16-26)24-38(34)40(37(33)22-25)35-12-5-3-10-31(35)32-11-4-6-13-36(32)40/h3-24H,1-2H3. The second kappa shape index (κ2) is 9.57. The van der Waals surface area contributed by atoms with Crippen molar-refractivity contribution in [1.29, 1.82) is 0 Å². The highest BCUT2D eigenvalue weighted by atomic mass is 16.5. The lowest BCUT2D eigenvalue weighted by Crippen LogP contribution is -2.26. The van der Waals surface area contributed by atoms with Crippen molar-refractivity contribution in [2.45, 2.75) is 12.3 Å². The van der Waals surface area contributed by atoms with Gasteiger partial charge < -0.3 is 9.47 Å². The number of aryl methyl sites for hydroxylation is 1. The lowest BCUT2D eigenvalue weighted by Gasteiger charge is -2.30. The molecule has 0 heterocycles. The molecule has 0 unspecified atom stereocenters. The zero-order valence-corrected chi connectivity index (χ0v) is 23.9. The second-order valence-electron chi connectivity index (χ2n) is 11.3. The van der Waals surface area contributed by atoms with Gasteiger partial charge in [0.1, 0.15) is 17.2 Å². The van der Waals surface area contributed by atoms with E-state index in [2.05, 4.69) is 85.8 Å². The van der Waals surface area contributed by atoms with Crippen molar-refractivity contribution in [3.05, 3.63) is 172 Å². The van der Waals surface area contributed by atoms with Crippen LogP contribution < -0.4 is 9.47 Å². The Morgan fingerprint density at radius 1 is 0.512 bits per heavy atom. The Bertz CT molecular complexity index is 2020. The molecule has 1 spiro atoms. The summed E-state index contributed by atoms with van der Waals surface area (Å²) >= 11 is 0. The fourth-order valence-electron chi connectivity index (χ4n) is 7.04. The van der Waals surface area contributed by atoms with Gasteiger partial charge in [0.2, 0.25) is 0 Å². The number of methoxy groups -OCH3 is 1. The largest absolute Gasteiger partial charge is 0.497 e. The fourth-order valence-corrected chi connectivity index (χ4v) is 7.04. The number of carbonyl (C=O) groups is 1. The maximum Gasteiger partial charge on any atom is 0.193 e. The monoisotopic (exact) mass is 556 g/mol. The van der Waals surface area contributed by atoms with Crippen LogP contribution in [0.5, 0.6) is 17.2 Å². The summed E-state index contributed by atoms with van der Waals surface area (Å²) in [5, 5.41) is 0. The number of ketones is 1. The lowest BCUT2D eigenvalue weighted by atomic mass is 9.70. The van der Waals surface area contributed by atoms with Crippen molar-refractivity contribution >= 4 is 5.78 Å². The third-order valence-corrected chi connectivity index (χ3v) is 8.90. The number of rotatable bonds is 5. The van der Waals surface area contributed by atoms with E-state index in [1.807, 2.05) is 30.3 Å². The summed E-state index contributed by atoms with van der Waals surface area (Å²) in [5.41, 5.74) is 12.1. The van der Waals surface area contributed by atoms with Crippen LogP contribution in [0.2, 0.25) is 0 Å². The Balaban J connectivity index is 1.24. The first-order valence-electron chi connectivity index (χ1n) is 14.5. The summed E-state index contributed by atoms with van der Waals surface area (Å²) in [4.78, 5) is 13.3. The average molecular weight is 557 g/mol. The van der Waals surface area contributed by atoms with E-state index in [1.54, 1.807) is 31.4 Å². The van der Waals surface area contributed by atoms with Crippen molar-refractivity contribution in [1.82, 2.24) is 0 Å². The fraction of sp³-hybridized carbons (Fsp3) is 0.0750. The molecule has 0 N–H and O–H groups in total. The first kappa shape index (κ1) is 25.3. The molecular weight excluding hydrogens is 528 g/mol. The molecule has 0 radical (unpaired) electrons. The van der Waals surface area contributed by atoms with Gasteiger partial charge in [-0.15, -0.1) is 0 Å². The molecule has 0 atom stereocenters. The van der Waals surface area contributed by atoms with Crippen LogP contribution in [-0.2, 0) is 5.41 Å². The van der Waals surface area contributed by atoms with E-state index < -0.39 is 5.41 Å². The van der Waals surface area contributed by atoms with Crippen LogP contribution in [0.4, 0.5) is 0 Å². The first-order valence-corrected chi connectivity index (χ1v) is 14.5. The highest BCUT2D eigenvalue weighted by Crippen LogP contribution is 2.63. The molecule has 43 heavy (non-hydrogen) atoms. The van der Waals surface area contributed by atoms with Crippen LogP contribution in [0, 0.1) is 6.92 Å². The van der Waals surface area contributed by atoms with Crippen LogP contribution in [0.15, 0.2) is 133 Å². The summed E-state index contributed by atoms with van der Waals surface area (Å²) in [7, 11) is 1.61. The molecule has 3 heteroatoms. The normalized spacial score (nSPS) is 13.2. The predicted octanol–water partition coefficient (Wildman–Crippen LogP) is 9.37. The number of ether oxygens (including phenoxy) is 2. The molecule has 0 aromatic heterocycles.